The fraction of sp³-hybridized carbons (Fsp3) is 0.667. The van der Waals surface area contributed by atoms with Gasteiger partial charge in [-0.25, -0.2) is 0 Å². The van der Waals surface area contributed by atoms with Gasteiger partial charge in [0.25, 0.3) is 0 Å². The number of alkyl halides is 3. The Bertz CT molecular complexity index is 602. The predicted molar refractivity (Wildman–Crippen MR) is 110 cm³/mol. The number of aliphatic imine (C=N–C) groups is 1. The van der Waals surface area contributed by atoms with Crippen molar-refractivity contribution in [2.45, 2.75) is 45.5 Å². The van der Waals surface area contributed by atoms with Crippen LogP contribution in [0.4, 0.5) is 13.2 Å². The number of guanidine groups is 1. The van der Waals surface area contributed by atoms with Crippen molar-refractivity contribution in [3.05, 3.63) is 35.9 Å². The SMILES string of the molecule is CCNC(=NCCCCOCc1ccccc1)N1CCN(C(C)C(F)(F)F)CC1. The lowest BCUT2D eigenvalue weighted by Gasteiger charge is -2.39. The smallest absolute Gasteiger partial charge is 0.377 e. The van der Waals surface area contributed by atoms with Crippen LogP contribution in [0.15, 0.2) is 35.3 Å². The molecule has 0 spiro atoms. The number of halogens is 3. The largest absolute Gasteiger partial charge is 0.403 e. The van der Waals surface area contributed by atoms with E-state index in [0.717, 1.165) is 25.3 Å². The summed E-state index contributed by atoms with van der Waals surface area (Å²) in [5.74, 6) is 0.789. The molecule has 0 aromatic heterocycles. The zero-order chi connectivity index (χ0) is 21.1. The minimum Gasteiger partial charge on any atom is -0.377 e. The molecule has 1 atom stereocenters. The monoisotopic (exact) mass is 414 g/mol. The van der Waals surface area contributed by atoms with Gasteiger partial charge in [0.15, 0.2) is 5.96 Å². The summed E-state index contributed by atoms with van der Waals surface area (Å²) in [5, 5.41) is 3.25. The summed E-state index contributed by atoms with van der Waals surface area (Å²) in [7, 11) is 0. The molecule has 164 valence electrons. The second-order valence-electron chi connectivity index (χ2n) is 7.22. The van der Waals surface area contributed by atoms with Gasteiger partial charge in [-0.15, -0.1) is 0 Å². The molecule has 0 bridgehead atoms. The second kappa shape index (κ2) is 12.0. The molecule has 1 aliphatic heterocycles. The van der Waals surface area contributed by atoms with Crippen LogP contribution in [0.3, 0.4) is 0 Å². The zero-order valence-corrected chi connectivity index (χ0v) is 17.4. The van der Waals surface area contributed by atoms with E-state index in [-0.39, 0.29) is 0 Å². The standard InChI is InChI=1S/C21H33F3N4O/c1-3-25-20(28-14-12-27(13-15-28)18(2)21(22,23)24)26-11-7-8-16-29-17-19-9-5-4-6-10-19/h4-6,9-10,18H,3,7-8,11-17H2,1-2H3,(H,25,26). The van der Waals surface area contributed by atoms with Crippen LogP contribution in [0.2, 0.25) is 0 Å². The highest BCUT2D eigenvalue weighted by atomic mass is 19.4. The van der Waals surface area contributed by atoms with Gasteiger partial charge in [0, 0.05) is 45.9 Å². The van der Waals surface area contributed by atoms with Crippen molar-refractivity contribution in [3.63, 3.8) is 0 Å². The van der Waals surface area contributed by atoms with Gasteiger partial charge in [0.1, 0.15) is 6.04 Å². The van der Waals surface area contributed by atoms with E-state index in [1.165, 1.54) is 17.4 Å². The normalized spacial score (nSPS) is 17.4. The Morgan fingerprint density at radius 1 is 1.14 bits per heavy atom. The summed E-state index contributed by atoms with van der Waals surface area (Å²) in [4.78, 5) is 8.19. The first-order valence-electron chi connectivity index (χ1n) is 10.4. The summed E-state index contributed by atoms with van der Waals surface area (Å²) in [6.45, 7) is 7.82. The van der Waals surface area contributed by atoms with E-state index < -0.39 is 12.2 Å². The molecule has 29 heavy (non-hydrogen) atoms. The maximum Gasteiger partial charge on any atom is 0.403 e. The first-order valence-corrected chi connectivity index (χ1v) is 10.4. The third-order valence-corrected chi connectivity index (χ3v) is 5.04. The van der Waals surface area contributed by atoms with Crippen LogP contribution < -0.4 is 5.32 Å². The number of unbranched alkanes of at least 4 members (excludes halogenated alkanes) is 1. The highest BCUT2D eigenvalue weighted by Crippen LogP contribution is 2.25. The molecular weight excluding hydrogens is 381 g/mol. The Labute approximate surface area is 171 Å². The topological polar surface area (TPSA) is 40.1 Å². The lowest BCUT2D eigenvalue weighted by atomic mass is 10.2. The van der Waals surface area contributed by atoms with Gasteiger partial charge >= 0.3 is 6.18 Å². The first-order chi connectivity index (χ1) is 13.9. The molecule has 0 aliphatic carbocycles. The molecule has 2 rings (SSSR count). The zero-order valence-electron chi connectivity index (χ0n) is 17.4. The quantitative estimate of drug-likeness (QED) is 0.381. The Kier molecular flexibility index (Phi) is 9.73. The van der Waals surface area contributed by atoms with Crippen molar-refractivity contribution >= 4 is 5.96 Å². The van der Waals surface area contributed by atoms with Gasteiger partial charge in [-0.1, -0.05) is 30.3 Å². The second-order valence-corrected chi connectivity index (χ2v) is 7.22. The molecule has 0 radical (unpaired) electrons. The summed E-state index contributed by atoms with van der Waals surface area (Å²) >= 11 is 0. The molecule has 0 amide bonds. The Balaban J connectivity index is 1.68. The van der Waals surface area contributed by atoms with Crippen LogP contribution in [0.5, 0.6) is 0 Å². The number of nitrogens with zero attached hydrogens (tertiary/aromatic N) is 3. The molecule has 5 nitrogen and oxygen atoms in total. The maximum absolute atomic E-state index is 12.9. The summed E-state index contributed by atoms with van der Waals surface area (Å²) in [6.07, 6.45) is -2.34. The molecule has 0 saturated carbocycles. The van der Waals surface area contributed by atoms with Crippen molar-refractivity contribution in [1.29, 1.82) is 0 Å². The average Bonchev–Trinajstić information content (AvgIpc) is 2.72. The van der Waals surface area contributed by atoms with Gasteiger partial charge < -0.3 is 15.0 Å². The number of hydrogen-bond acceptors (Lipinski definition) is 3. The van der Waals surface area contributed by atoms with Crippen molar-refractivity contribution in [1.82, 2.24) is 15.1 Å². The Morgan fingerprint density at radius 3 is 2.45 bits per heavy atom. The van der Waals surface area contributed by atoms with Gasteiger partial charge in [-0.2, -0.15) is 13.2 Å². The van der Waals surface area contributed by atoms with Crippen molar-refractivity contribution in [2.24, 2.45) is 4.99 Å². The fourth-order valence-electron chi connectivity index (χ4n) is 3.22. The van der Waals surface area contributed by atoms with E-state index in [9.17, 15) is 13.2 Å². The van der Waals surface area contributed by atoms with Crippen molar-refractivity contribution in [3.8, 4) is 0 Å². The molecule has 1 heterocycles. The van der Waals surface area contributed by atoms with E-state index in [1.807, 2.05) is 37.3 Å². The number of rotatable bonds is 9. The fourth-order valence-corrected chi connectivity index (χ4v) is 3.22. The minimum absolute atomic E-state index is 0.387. The number of benzene rings is 1. The van der Waals surface area contributed by atoms with Crippen LogP contribution in [0, 0.1) is 0 Å². The maximum atomic E-state index is 12.9. The Morgan fingerprint density at radius 2 is 1.83 bits per heavy atom. The first kappa shape index (κ1) is 23.5. The van der Waals surface area contributed by atoms with Crippen LogP contribution >= 0.6 is 0 Å². The van der Waals surface area contributed by atoms with Crippen LogP contribution in [0.25, 0.3) is 0 Å². The summed E-state index contributed by atoms with van der Waals surface area (Å²) in [6, 6.07) is 8.67. The lowest BCUT2D eigenvalue weighted by molar-refractivity contribution is -0.181. The van der Waals surface area contributed by atoms with Crippen molar-refractivity contribution < 1.29 is 17.9 Å². The minimum atomic E-state index is -4.18. The number of nitrogens with one attached hydrogen (secondary N) is 1. The van der Waals surface area contributed by atoms with Crippen molar-refractivity contribution in [2.75, 3.05) is 45.9 Å². The lowest BCUT2D eigenvalue weighted by Crippen LogP contribution is -2.56. The third-order valence-electron chi connectivity index (χ3n) is 5.04. The number of piperazine rings is 1. The van der Waals surface area contributed by atoms with E-state index in [2.05, 4.69) is 15.2 Å². The number of ether oxygens (including phenoxy) is 1. The molecule has 1 N–H and O–H groups in total. The summed E-state index contributed by atoms with van der Waals surface area (Å²) < 4.78 is 44.4. The molecule has 8 heteroatoms. The molecule has 1 fully saturated rings. The van der Waals surface area contributed by atoms with Crippen LogP contribution in [0.1, 0.15) is 32.3 Å². The number of hydrogen-bond donors (Lipinski definition) is 1. The van der Waals surface area contributed by atoms with E-state index >= 15 is 0 Å². The predicted octanol–water partition coefficient (Wildman–Crippen LogP) is 3.52. The van der Waals surface area contributed by atoms with E-state index in [4.69, 9.17) is 4.74 Å². The molecule has 1 saturated heterocycles. The highest BCUT2D eigenvalue weighted by molar-refractivity contribution is 5.80. The van der Waals surface area contributed by atoms with E-state index in [0.29, 0.717) is 45.9 Å². The molecular formula is C21H33F3N4O. The van der Waals surface area contributed by atoms with Crippen LogP contribution in [-0.4, -0.2) is 73.9 Å². The van der Waals surface area contributed by atoms with Gasteiger partial charge in [0.05, 0.1) is 6.61 Å². The molecule has 1 unspecified atom stereocenters. The molecule has 1 aliphatic rings. The molecule has 1 aromatic rings. The third kappa shape index (κ3) is 8.22. The highest BCUT2D eigenvalue weighted by Gasteiger charge is 2.41. The van der Waals surface area contributed by atoms with E-state index in [1.54, 1.807) is 0 Å². The summed E-state index contributed by atoms with van der Waals surface area (Å²) in [5.41, 5.74) is 1.17. The van der Waals surface area contributed by atoms with Gasteiger partial charge in [-0.3, -0.25) is 9.89 Å². The Hall–Kier alpha value is -1.80. The van der Waals surface area contributed by atoms with Gasteiger partial charge in [-0.05, 0) is 32.3 Å². The molecule has 1 aromatic carbocycles. The van der Waals surface area contributed by atoms with Crippen LogP contribution in [-0.2, 0) is 11.3 Å². The van der Waals surface area contributed by atoms with Gasteiger partial charge in [0.2, 0.25) is 0 Å². The average molecular weight is 415 g/mol.